The van der Waals surface area contributed by atoms with Crippen molar-refractivity contribution in [1.29, 1.82) is 0 Å². The number of amides is 1. The van der Waals surface area contributed by atoms with E-state index in [9.17, 15) is 4.79 Å². The molecule has 4 aromatic rings. The molecule has 0 aliphatic heterocycles. The van der Waals surface area contributed by atoms with Crippen LogP contribution in [0.25, 0.3) is 17.1 Å². The highest BCUT2D eigenvalue weighted by Crippen LogP contribution is 2.21. The maximum atomic E-state index is 12.5. The summed E-state index contributed by atoms with van der Waals surface area (Å²) in [4.78, 5) is 12.5. The maximum absolute atomic E-state index is 12.5. The number of hydrogen-bond acceptors (Lipinski definition) is 5. The number of hydrogen-bond donors (Lipinski definition) is 2. The minimum absolute atomic E-state index is 0.154. The number of ether oxygens (including phenoxy) is 1. The monoisotopic (exact) mass is 434 g/mol. The van der Waals surface area contributed by atoms with E-state index in [1.807, 2.05) is 66.1 Å². The van der Waals surface area contributed by atoms with Crippen LogP contribution in [0.5, 0.6) is 5.75 Å². The third-order valence-corrected chi connectivity index (χ3v) is 4.93. The lowest BCUT2D eigenvalue weighted by molar-refractivity contribution is -0.116. The second-order valence-corrected chi connectivity index (χ2v) is 7.13. The molecule has 31 heavy (non-hydrogen) atoms. The third kappa shape index (κ3) is 4.89. The number of carbonyl (C=O) groups excluding carboxylic acids is 1. The highest BCUT2D eigenvalue weighted by atomic mass is 32.1. The van der Waals surface area contributed by atoms with Crippen molar-refractivity contribution in [3.05, 3.63) is 71.6 Å². The number of aromatic amines is 1. The first kappa shape index (κ1) is 20.5. The van der Waals surface area contributed by atoms with Gasteiger partial charge in [-0.25, -0.2) is 4.68 Å². The number of H-pyrrole nitrogens is 1. The number of benzene rings is 2. The number of nitrogens with one attached hydrogen (secondary N) is 2. The molecule has 8 nitrogen and oxygen atoms in total. The van der Waals surface area contributed by atoms with Crippen molar-refractivity contribution in [1.82, 2.24) is 24.5 Å². The summed E-state index contributed by atoms with van der Waals surface area (Å²) in [5.74, 6) is 1.81. The number of aromatic nitrogens is 5. The topological polar surface area (TPSA) is 89.8 Å². The van der Waals surface area contributed by atoms with Crippen LogP contribution in [0.15, 0.2) is 66.9 Å². The van der Waals surface area contributed by atoms with Gasteiger partial charge in [-0.3, -0.25) is 14.5 Å². The molecular weight excluding hydrogens is 412 g/mol. The van der Waals surface area contributed by atoms with Crippen LogP contribution in [0.2, 0.25) is 0 Å². The first-order chi connectivity index (χ1) is 15.1. The summed E-state index contributed by atoms with van der Waals surface area (Å²) >= 11 is 5.35. The quantitative estimate of drug-likeness (QED) is 0.405. The normalized spacial score (nSPS) is 10.7. The van der Waals surface area contributed by atoms with Crippen molar-refractivity contribution in [2.24, 2.45) is 0 Å². The Morgan fingerprint density at radius 1 is 1.13 bits per heavy atom. The van der Waals surface area contributed by atoms with Crippen molar-refractivity contribution in [2.45, 2.75) is 19.9 Å². The first-order valence-corrected chi connectivity index (χ1v) is 10.3. The van der Waals surface area contributed by atoms with Crippen LogP contribution >= 0.6 is 12.2 Å². The van der Waals surface area contributed by atoms with Gasteiger partial charge in [0.1, 0.15) is 5.75 Å². The van der Waals surface area contributed by atoms with Crippen molar-refractivity contribution in [2.75, 3.05) is 11.9 Å². The van der Waals surface area contributed by atoms with Gasteiger partial charge in [0.05, 0.1) is 12.3 Å². The Morgan fingerprint density at radius 3 is 2.65 bits per heavy atom. The van der Waals surface area contributed by atoms with Crippen molar-refractivity contribution in [3.63, 3.8) is 0 Å². The Hall–Kier alpha value is -3.72. The summed E-state index contributed by atoms with van der Waals surface area (Å²) in [5, 5.41) is 14.4. The van der Waals surface area contributed by atoms with Crippen LogP contribution in [0.4, 0.5) is 5.82 Å². The molecule has 0 saturated carbocycles. The minimum Gasteiger partial charge on any atom is -0.494 e. The molecule has 1 amide bonds. The van der Waals surface area contributed by atoms with Crippen LogP contribution in [-0.2, 0) is 11.3 Å². The zero-order valence-corrected chi connectivity index (χ0v) is 17.8. The Kier molecular flexibility index (Phi) is 6.23. The predicted octanol–water partition coefficient (Wildman–Crippen LogP) is 4.22. The van der Waals surface area contributed by atoms with Gasteiger partial charge in [0.15, 0.2) is 16.4 Å². The summed E-state index contributed by atoms with van der Waals surface area (Å²) in [6, 6.07) is 19.1. The smallest absolute Gasteiger partial charge is 0.227 e. The number of nitrogens with zero attached hydrogens (tertiary/aromatic N) is 4. The van der Waals surface area contributed by atoms with Gasteiger partial charge < -0.3 is 10.1 Å². The Bertz CT molecular complexity index is 1210. The molecule has 9 heteroatoms. The molecule has 0 aliphatic rings. The zero-order chi connectivity index (χ0) is 21.6. The van der Waals surface area contributed by atoms with Gasteiger partial charge in [-0.15, -0.1) is 0 Å². The van der Waals surface area contributed by atoms with E-state index in [4.69, 9.17) is 17.0 Å². The van der Waals surface area contributed by atoms with Gasteiger partial charge in [0.25, 0.3) is 0 Å². The van der Waals surface area contributed by atoms with Crippen molar-refractivity contribution in [3.8, 4) is 22.8 Å². The molecule has 0 fully saturated rings. The van der Waals surface area contributed by atoms with E-state index < -0.39 is 0 Å². The van der Waals surface area contributed by atoms with E-state index >= 15 is 0 Å². The molecule has 2 heterocycles. The molecule has 0 aliphatic carbocycles. The fourth-order valence-corrected chi connectivity index (χ4v) is 3.37. The second-order valence-electron chi connectivity index (χ2n) is 6.74. The number of rotatable bonds is 8. The predicted molar refractivity (Wildman–Crippen MR) is 121 cm³/mol. The molecule has 0 bridgehead atoms. The van der Waals surface area contributed by atoms with Crippen LogP contribution in [-0.4, -0.2) is 37.1 Å². The molecule has 4 rings (SSSR count). The van der Waals surface area contributed by atoms with E-state index in [-0.39, 0.29) is 12.3 Å². The zero-order valence-electron chi connectivity index (χ0n) is 17.0. The van der Waals surface area contributed by atoms with Crippen LogP contribution in [0.1, 0.15) is 13.3 Å². The summed E-state index contributed by atoms with van der Waals surface area (Å²) in [7, 11) is 0. The van der Waals surface area contributed by atoms with Crippen LogP contribution < -0.4 is 10.1 Å². The molecule has 0 saturated heterocycles. The lowest BCUT2D eigenvalue weighted by Crippen LogP contribution is -2.15. The van der Waals surface area contributed by atoms with Crippen molar-refractivity contribution < 1.29 is 9.53 Å². The SMILES string of the molecule is CCOc1ccc(-c2n[nH]c(=S)n2CCC(=O)Nc2ccn(-c3ccccc3)n2)cc1. The van der Waals surface area contributed by atoms with E-state index in [1.165, 1.54) is 0 Å². The molecule has 2 N–H and O–H groups in total. The van der Waals surface area contributed by atoms with Crippen molar-refractivity contribution >= 4 is 23.9 Å². The molecule has 2 aromatic carbocycles. The average molecular weight is 435 g/mol. The van der Waals surface area contributed by atoms with Crippen LogP contribution in [0.3, 0.4) is 0 Å². The van der Waals surface area contributed by atoms with E-state index in [1.54, 1.807) is 16.9 Å². The molecule has 0 atom stereocenters. The molecular formula is C22H22N6O2S. The molecule has 0 radical (unpaired) electrons. The highest BCUT2D eigenvalue weighted by Gasteiger charge is 2.12. The van der Waals surface area contributed by atoms with Gasteiger partial charge >= 0.3 is 0 Å². The first-order valence-electron chi connectivity index (χ1n) is 9.93. The summed E-state index contributed by atoms with van der Waals surface area (Å²) in [6.07, 6.45) is 2.04. The van der Waals surface area contributed by atoms with Gasteiger partial charge in [-0.05, 0) is 55.5 Å². The Balaban J connectivity index is 1.40. The number of anilines is 1. The maximum Gasteiger partial charge on any atom is 0.227 e. The minimum atomic E-state index is -0.154. The lowest BCUT2D eigenvalue weighted by atomic mass is 10.2. The standard InChI is InChI=1S/C22H22N6O2S/c1-2-30-18-10-8-16(9-11-18)21-24-25-22(31)27(21)14-13-20(29)23-19-12-15-28(26-19)17-6-4-3-5-7-17/h3-12,15H,2,13-14H2,1H3,(H,25,31)(H,23,26,29). The Morgan fingerprint density at radius 2 is 1.90 bits per heavy atom. The van der Waals surface area contributed by atoms with Gasteiger partial charge in [0.2, 0.25) is 5.91 Å². The fourth-order valence-electron chi connectivity index (χ4n) is 3.15. The number of carbonyl (C=O) groups is 1. The highest BCUT2D eigenvalue weighted by molar-refractivity contribution is 7.71. The number of para-hydroxylation sites is 1. The summed E-state index contributed by atoms with van der Waals surface area (Å²) in [6.45, 7) is 2.94. The second kappa shape index (κ2) is 9.40. The molecule has 0 spiro atoms. The van der Waals surface area contributed by atoms with Gasteiger partial charge in [0, 0.05) is 30.8 Å². The fraction of sp³-hybridized carbons (Fsp3) is 0.182. The molecule has 0 unspecified atom stereocenters. The van der Waals surface area contributed by atoms with E-state index in [0.29, 0.717) is 29.6 Å². The Labute approximate surface area is 184 Å². The van der Waals surface area contributed by atoms with Crippen LogP contribution in [0, 0.1) is 4.77 Å². The summed E-state index contributed by atoms with van der Waals surface area (Å²) < 4.78 is 9.47. The molecule has 2 aromatic heterocycles. The van der Waals surface area contributed by atoms with E-state index in [0.717, 1.165) is 17.0 Å². The van der Waals surface area contributed by atoms with E-state index in [2.05, 4.69) is 20.6 Å². The largest absolute Gasteiger partial charge is 0.494 e. The molecule has 158 valence electrons. The van der Waals surface area contributed by atoms with Gasteiger partial charge in [-0.1, -0.05) is 18.2 Å². The lowest BCUT2D eigenvalue weighted by Gasteiger charge is -2.08. The summed E-state index contributed by atoms with van der Waals surface area (Å²) in [5.41, 5.74) is 1.81. The van der Waals surface area contributed by atoms with Gasteiger partial charge in [-0.2, -0.15) is 10.2 Å². The average Bonchev–Trinajstić information content (AvgIpc) is 3.40. The third-order valence-electron chi connectivity index (χ3n) is 4.62.